The van der Waals surface area contributed by atoms with Crippen molar-refractivity contribution in [2.24, 2.45) is 5.84 Å². The van der Waals surface area contributed by atoms with Crippen molar-refractivity contribution in [3.63, 3.8) is 0 Å². The van der Waals surface area contributed by atoms with Gasteiger partial charge in [-0.2, -0.15) is 5.10 Å². The number of fused-ring (bicyclic) bond motifs is 1. The molecule has 0 fully saturated rings. The lowest BCUT2D eigenvalue weighted by Crippen LogP contribution is -2.48. The van der Waals surface area contributed by atoms with Crippen molar-refractivity contribution in [2.45, 2.75) is 45.1 Å². The summed E-state index contributed by atoms with van der Waals surface area (Å²) >= 11 is 0. The van der Waals surface area contributed by atoms with Crippen LogP contribution in [0.25, 0.3) is 0 Å². The fraction of sp³-hybridized carbons (Fsp3) is 0.412. The third kappa shape index (κ3) is 2.25. The Balaban J connectivity index is 2.15. The second kappa shape index (κ2) is 5.45. The Kier molecular flexibility index (Phi) is 3.72. The van der Waals surface area contributed by atoms with E-state index in [1.54, 1.807) is 19.2 Å². The number of rotatable bonds is 3. The summed E-state index contributed by atoms with van der Waals surface area (Å²) in [7, 11) is 0. The quantitative estimate of drug-likeness (QED) is 0.516. The zero-order chi connectivity index (χ0) is 16.8. The van der Waals surface area contributed by atoms with Crippen LogP contribution in [-0.4, -0.2) is 15.7 Å². The summed E-state index contributed by atoms with van der Waals surface area (Å²) in [6.07, 6.45) is 2.74. The van der Waals surface area contributed by atoms with Gasteiger partial charge in [0.2, 0.25) is 5.91 Å². The molecule has 5 nitrogen and oxygen atoms in total. The van der Waals surface area contributed by atoms with E-state index in [1.165, 1.54) is 6.07 Å². The molecule has 0 bridgehead atoms. The van der Waals surface area contributed by atoms with Crippen LogP contribution in [0.15, 0.2) is 24.4 Å². The van der Waals surface area contributed by atoms with E-state index in [4.69, 9.17) is 5.84 Å². The first-order valence-electron chi connectivity index (χ1n) is 7.72. The monoisotopic (exact) mass is 316 g/mol. The van der Waals surface area contributed by atoms with E-state index in [0.717, 1.165) is 11.3 Å². The first-order valence-corrected chi connectivity index (χ1v) is 7.72. The van der Waals surface area contributed by atoms with Crippen LogP contribution in [-0.2, 0) is 23.1 Å². The lowest BCUT2D eigenvalue weighted by Gasteiger charge is -2.29. The highest BCUT2D eigenvalue weighted by molar-refractivity contribution is 5.90. The number of hydrogen-bond donors (Lipinski definition) is 2. The van der Waals surface area contributed by atoms with Crippen LogP contribution in [0.2, 0.25) is 0 Å². The molecular weight excluding hydrogens is 295 g/mol. The highest BCUT2D eigenvalue weighted by Crippen LogP contribution is 2.42. The van der Waals surface area contributed by atoms with Gasteiger partial charge in [-0.1, -0.05) is 12.1 Å². The van der Waals surface area contributed by atoms with Crippen molar-refractivity contribution < 1.29 is 9.18 Å². The molecule has 0 saturated heterocycles. The predicted molar refractivity (Wildman–Crippen MR) is 85.2 cm³/mol. The summed E-state index contributed by atoms with van der Waals surface area (Å²) in [4.78, 5) is 12.7. The third-order valence-corrected chi connectivity index (χ3v) is 4.78. The summed E-state index contributed by atoms with van der Waals surface area (Å²) in [6, 6.07) is 5.06. The van der Waals surface area contributed by atoms with E-state index in [2.05, 4.69) is 10.5 Å². The average molecular weight is 316 g/mol. The van der Waals surface area contributed by atoms with Gasteiger partial charge >= 0.3 is 0 Å². The number of aromatic nitrogens is 2. The standard InChI is InChI=1S/C17H21FN4O/c1-10(2)22-15-8-17(16(23)21-19,7-12(15)9-20-22)13-5-4-6-14(18)11(13)3/h4-6,9-10H,7-8,19H2,1-3H3,(H,21,23)/t17-/m0/s1. The Labute approximate surface area is 134 Å². The van der Waals surface area contributed by atoms with Gasteiger partial charge in [-0.25, -0.2) is 10.2 Å². The fourth-order valence-corrected chi connectivity index (χ4v) is 3.62. The van der Waals surface area contributed by atoms with Crippen molar-refractivity contribution in [1.82, 2.24) is 15.2 Å². The van der Waals surface area contributed by atoms with Gasteiger partial charge in [0.25, 0.3) is 0 Å². The summed E-state index contributed by atoms with van der Waals surface area (Å²) in [6.45, 7) is 5.79. The molecule has 1 heterocycles. The molecule has 0 saturated carbocycles. The molecule has 0 spiro atoms. The Bertz CT molecular complexity index is 768. The van der Waals surface area contributed by atoms with Gasteiger partial charge in [-0.05, 0) is 49.9 Å². The Morgan fingerprint density at radius 2 is 2.17 bits per heavy atom. The first kappa shape index (κ1) is 15.7. The van der Waals surface area contributed by atoms with Crippen LogP contribution in [0.4, 0.5) is 4.39 Å². The van der Waals surface area contributed by atoms with E-state index in [0.29, 0.717) is 24.0 Å². The minimum Gasteiger partial charge on any atom is -0.293 e. The van der Waals surface area contributed by atoms with Gasteiger partial charge in [0.15, 0.2) is 0 Å². The molecule has 2 aromatic rings. The molecule has 3 rings (SSSR count). The smallest absolute Gasteiger partial charge is 0.245 e. The van der Waals surface area contributed by atoms with Gasteiger partial charge in [0.05, 0.1) is 11.6 Å². The van der Waals surface area contributed by atoms with E-state index in [-0.39, 0.29) is 17.8 Å². The number of hydrogen-bond acceptors (Lipinski definition) is 3. The molecule has 1 aromatic carbocycles. The molecule has 0 aliphatic heterocycles. The first-order chi connectivity index (χ1) is 10.9. The van der Waals surface area contributed by atoms with E-state index >= 15 is 0 Å². The van der Waals surface area contributed by atoms with Crippen LogP contribution in [0.3, 0.4) is 0 Å². The number of halogens is 1. The van der Waals surface area contributed by atoms with Gasteiger partial charge in [-0.3, -0.25) is 14.9 Å². The van der Waals surface area contributed by atoms with Crippen LogP contribution in [0.1, 0.15) is 42.3 Å². The van der Waals surface area contributed by atoms with E-state index < -0.39 is 5.41 Å². The van der Waals surface area contributed by atoms with Crippen molar-refractivity contribution >= 4 is 5.91 Å². The second-order valence-corrected chi connectivity index (χ2v) is 6.48. The zero-order valence-electron chi connectivity index (χ0n) is 13.6. The largest absolute Gasteiger partial charge is 0.293 e. The number of carbonyl (C=O) groups is 1. The number of amides is 1. The van der Waals surface area contributed by atoms with Crippen molar-refractivity contribution in [3.8, 4) is 0 Å². The van der Waals surface area contributed by atoms with Crippen molar-refractivity contribution in [2.75, 3.05) is 0 Å². The minimum absolute atomic E-state index is 0.198. The highest BCUT2D eigenvalue weighted by Gasteiger charge is 2.48. The number of nitrogens with two attached hydrogens (primary N) is 1. The Morgan fingerprint density at radius 3 is 2.83 bits per heavy atom. The normalized spacial score (nSPS) is 19.9. The molecule has 122 valence electrons. The SMILES string of the molecule is Cc1c(F)cccc1[C@]1(C(=O)NN)Cc2cnn(C(C)C)c2C1. The fourth-order valence-electron chi connectivity index (χ4n) is 3.62. The summed E-state index contributed by atoms with van der Waals surface area (Å²) < 4.78 is 16.0. The van der Waals surface area contributed by atoms with Crippen LogP contribution in [0, 0.1) is 12.7 Å². The molecule has 23 heavy (non-hydrogen) atoms. The predicted octanol–water partition coefficient (Wildman–Crippen LogP) is 1.94. The zero-order valence-corrected chi connectivity index (χ0v) is 13.6. The maximum atomic E-state index is 14.1. The molecule has 1 amide bonds. The van der Waals surface area contributed by atoms with Gasteiger partial charge < -0.3 is 0 Å². The number of carbonyl (C=O) groups excluding carboxylic acids is 1. The number of benzene rings is 1. The molecule has 1 atom stereocenters. The summed E-state index contributed by atoms with van der Waals surface area (Å²) in [5.41, 5.74) is 4.61. The van der Waals surface area contributed by atoms with Gasteiger partial charge in [-0.15, -0.1) is 0 Å². The maximum Gasteiger partial charge on any atom is 0.245 e. The lowest BCUT2D eigenvalue weighted by atomic mass is 9.75. The second-order valence-electron chi connectivity index (χ2n) is 6.48. The minimum atomic E-state index is -0.884. The maximum absolute atomic E-state index is 14.1. The molecular formula is C17H21FN4O. The lowest BCUT2D eigenvalue weighted by molar-refractivity contribution is -0.126. The summed E-state index contributed by atoms with van der Waals surface area (Å²) in [5, 5.41) is 4.40. The number of hydrazine groups is 1. The molecule has 0 unspecified atom stereocenters. The van der Waals surface area contributed by atoms with Crippen LogP contribution < -0.4 is 11.3 Å². The van der Waals surface area contributed by atoms with Gasteiger partial charge in [0, 0.05) is 18.2 Å². The number of nitrogens with zero attached hydrogens (tertiary/aromatic N) is 2. The third-order valence-electron chi connectivity index (χ3n) is 4.78. The highest BCUT2D eigenvalue weighted by atomic mass is 19.1. The Hall–Kier alpha value is -2.21. The van der Waals surface area contributed by atoms with E-state index in [9.17, 15) is 9.18 Å². The summed E-state index contributed by atoms with van der Waals surface area (Å²) in [5.74, 6) is 4.84. The van der Waals surface area contributed by atoms with Crippen LogP contribution >= 0.6 is 0 Å². The Morgan fingerprint density at radius 1 is 1.43 bits per heavy atom. The topological polar surface area (TPSA) is 72.9 Å². The van der Waals surface area contributed by atoms with Gasteiger partial charge in [0.1, 0.15) is 5.82 Å². The molecule has 6 heteroatoms. The molecule has 1 aliphatic carbocycles. The molecule has 3 N–H and O–H groups in total. The molecule has 0 radical (unpaired) electrons. The molecule has 1 aliphatic rings. The van der Waals surface area contributed by atoms with Crippen molar-refractivity contribution in [1.29, 1.82) is 0 Å². The molecule has 1 aromatic heterocycles. The average Bonchev–Trinajstić information content (AvgIpc) is 3.07. The van der Waals surface area contributed by atoms with Crippen LogP contribution in [0.5, 0.6) is 0 Å². The number of nitrogens with one attached hydrogen (secondary N) is 1. The van der Waals surface area contributed by atoms with E-state index in [1.807, 2.05) is 24.6 Å². The van der Waals surface area contributed by atoms with Crippen molar-refractivity contribution in [3.05, 3.63) is 52.6 Å².